The highest BCUT2D eigenvalue weighted by molar-refractivity contribution is 5.98. The SMILES string of the molecule is CC(C)(C)[C@H](NC(=O)c1nc(-c2cc(F)c(F)cc2F)n2c1CNCCC2)C(=O)N1CC(F)C1. The lowest BCUT2D eigenvalue weighted by atomic mass is 9.85. The number of nitrogens with one attached hydrogen (secondary N) is 2. The maximum Gasteiger partial charge on any atom is 0.272 e. The summed E-state index contributed by atoms with van der Waals surface area (Å²) in [7, 11) is 0. The number of rotatable bonds is 4. The molecule has 7 nitrogen and oxygen atoms in total. The summed E-state index contributed by atoms with van der Waals surface area (Å²) in [6.07, 6.45) is -0.436. The fraction of sp³-hybridized carbons (Fsp3) is 0.522. The average molecular weight is 481 g/mol. The molecule has 1 atom stereocenters. The summed E-state index contributed by atoms with van der Waals surface area (Å²) in [4.78, 5) is 32.0. The standard InChI is InChI=1S/C23H27F4N5O2/c1-23(2,3)19(22(34)31-10-12(24)11-31)30-21(33)18-17-9-28-5-4-6-32(17)20(29-18)13-7-15(26)16(27)8-14(13)25/h7-8,12,19,28H,4-6,9-11H2,1-3H3,(H,30,33)/t19-/m1/s1. The van der Waals surface area contributed by atoms with Crippen LogP contribution in [0.5, 0.6) is 0 Å². The minimum atomic E-state index is -1.32. The molecule has 4 rings (SSSR count). The van der Waals surface area contributed by atoms with Crippen molar-refractivity contribution in [2.45, 2.75) is 52.5 Å². The van der Waals surface area contributed by atoms with E-state index in [9.17, 15) is 27.2 Å². The summed E-state index contributed by atoms with van der Waals surface area (Å²) in [6, 6.07) is 0.214. The highest BCUT2D eigenvalue weighted by Crippen LogP contribution is 2.29. The number of amides is 2. The van der Waals surface area contributed by atoms with Crippen LogP contribution < -0.4 is 10.6 Å². The van der Waals surface area contributed by atoms with Gasteiger partial charge in [0.25, 0.3) is 5.91 Å². The molecule has 0 saturated carbocycles. The van der Waals surface area contributed by atoms with Crippen molar-refractivity contribution in [3.05, 3.63) is 41.0 Å². The maximum absolute atomic E-state index is 14.6. The predicted molar refractivity (Wildman–Crippen MR) is 116 cm³/mol. The van der Waals surface area contributed by atoms with Gasteiger partial charge in [0.05, 0.1) is 24.3 Å². The molecule has 1 aromatic heterocycles. The summed E-state index contributed by atoms with van der Waals surface area (Å²) >= 11 is 0. The van der Waals surface area contributed by atoms with Crippen LogP contribution in [0.3, 0.4) is 0 Å². The van der Waals surface area contributed by atoms with Crippen LogP contribution in [0.4, 0.5) is 17.6 Å². The number of imidazole rings is 1. The quantitative estimate of drug-likeness (QED) is 0.520. The van der Waals surface area contributed by atoms with E-state index < -0.39 is 46.9 Å². The molecule has 1 aromatic carbocycles. The molecule has 0 unspecified atom stereocenters. The molecule has 1 saturated heterocycles. The molecule has 34 heavy (non-hydrogen) atoms. The van der Waals surface area contributed by atoms with Crippen molar-refractivity contribution in [1.29, 1.82) is 0 Å². The van der Waals surface area contributed by atoms with Crippen molar-refractivity contribution in [3.8, 4) is 11.4 Å². The van der Waals surface area contributed by atoms with E-state index >= 15 is 0 Å². The molecular weight excluding hydrogens is 454 g/mol. The fourth-order valence-electron chi connectivity index (χ4n) is 4.19. The van der Waals surface area contributed by atoms with Gasteiger partial charge in [-0.3, -0.25) is 9.59 Å². The van der Waals surface area contributed by atoms with Crippen molar-refractivity contribution >= 4 is 11.8 Å². The first-order valence-electron chi connectivity index (χ1n) is 11.2. The second kappa shape index (κ2) is 9.01. The smallest absolute Gasteiger partial charge is 0.272 e. The summed E-state index contributed by atoms with van der Waals surface area (Å²) in [6.45, 7) is 6.54. The highest BCUT2D eigenvalue weighted by Gasteiger charge is 2.41. The molecule has 0 spiro atoms. The average Bonchev–Trinajstić information content (AvgIpc) is 2.91. The number of likely N-dealkylation sites (tertiary alicyclic amines) is 1. The third-order valence-corrected chi connectivity index (χ3v) is 6.10. The van der Waals surface area contributed by atoms with Gasteiger partial charge in [-0.15, -0.1) is 0 Å². The second-order valence-corrected chi connectivity index (χ2v) is 9.77. The summed E-state index contributed by atoms with van der Waals surface area (Å²) in [5.74, 6) is -4.61. The summed E-state index contributed by atoms with van der Waals surface area (Å²) in [5, 5.41) is 5.88. The number of nitrogens with zero attached hydrogens (tertiary/aromatic N) is 3. The maximum atomic E-state index is 14.6. The molecule has 0 bridgehead atoms. The molecule has 0 radical (unpaired) electrons. The van der Waals surface area contributed by atoms with Crippen LogP contribution in [0.15, 0.2) is 12.1 Å². The lowest BCUT2D eigenvalue weighted by Gasteiger charge is -2.40. The van der Waals surface area contributed by atoms with Gasteiger partial charge in [-0.2, -0.15) is 0 Å². The zero-order valence-corrected chi connectivity index (χ0v) is 19.2. The van der Waals surface area contributed by atoms with Crippen LogP contribution in [0.25, 0.3) is 11.4 Å². The Hall–Kier alpha value is -2.95. The van der Waals surface area contributed by atoms with Gasteiger partial charge in [0, 0.05) is 19.2 Å². The Kier molecular flexibility index (Phi) is 6.41. The Balaban J connectivity index is 1.71. The van der Waals surface area contributed by atoms with E-state index in [0.717, 1.165) is 6.07 Å². The molecule has 2 aliphatic rings. The molecule has 184 valence electrons. The monoisotopic (exact) mass is 481 g/mol. The Bertz CT molecular complexity index is 1120. The molecule has 2 aromatic rings. The number of carbonyl (C=O) groups is 2. The van der Waals surface area contributed by atoms with E-state index in [1.807, 2.05) is 0 Å². The van der Waals surface area contributed by atoms with E-state index in [1.165, 1.54) is 4.90 Å². The molecule has 3 heterocycles. The van der Waals surface area contributed by atoms with Gasteiger partial charge in [0.1, 0.15) is 23.9 Å². The van der Waals surface area contributed by atoms with Gasteiger partial charge in [-0.25, -0.2) is 22.5 Å². The fourth-order valence-corrected chi connectivity index (χ4v) is 4.19. The first kappa shape index (κ1) is 24.2. The summed E-state index contributed by atoms with van der Waals surface area (Å²) in [5.41, 5.74) is -0.540. The molecule has 11 heteroatoms. The van der Waals surface area contributed by atoms with E-state index in [0.29, 0.717) is 31.3 Å². The van der Waals surface area contributed by atoms with Crippen LogP contribution in [0.1, 0.15) is 43.4 Å². The lowest BCUT2D eigenvalue weighted by Crippen LogP contribution is -2.61. The van der Waals surface area contributed by atoms with Gasteiger partial charge < -0.3 is 20.1 Å². The number of fused-ring (bicyclic) bond motifs is 1. The number of hydrogen-bond donors (Lipinski definition) is 2. The topological polar surface area (TPSA) is 79.3 Å². The third-order valence-electron chi connectivity index (χ3n) is 6.10. The van der Waals surface area contributed by atoms with E-state index in [2.05, 4.69) is 15.6 Å². The van der Waals surface area contributed by atoms with Crippen LogP contribution >= 0.6 is 0 Å². The van der Waals surface area contributed by atoms with Crippen molar-refractivity contribution in [2.75, 3.05) is 19.6 Å². The molecule has 1 fully saturated rings. The Morgan fingerprint density at radius 2 is 1.82 bits per heavy atom. The van der Waals surface area contributed by atoms with Crippen molar-refractivity contribution < 1.29 is 27.2 Å². The first-order chi connectivity index (χ1) is 16.0. The Labute approximate surface area is 194 Å². The Morgan fingerprint density at radius 1 is 1.15 bits per heavy atom. The first-order valence-corrected chi connectivity index (χ1v) is 11.2. The number of benzene rings is 1. The molecular formula is C23H27F4N5O2. The van der Waals surface area contributed by atoms with Gasteiger partial charge in [-0.05, 0) is 24.4 Å². The Morgan fingerprint density at radius 3 is 2.47 bits per heavy atom. The number of carbonyl (C=O) groups excluding carboxylic acids is 2. The molecule has 2 N–H and O–H groups in total. The van der Waals surface area contributed by atoms with Crippen LogP contribution in [-0.4, -0.2) is 58.1 Å². The highest BCUT2D eigenvalue weighted by atomic mass is 19.2. The van der Waals surface area contributed by atoms with Crippen molar-refractivity contribution in [1.82, 2.24) is 25.1 Å². The number of hydrogen-bond acceptors (Lipinski definition) is 4. The van der Waals surface area contributed by atoms with E-state index in [1.54, 1.807) is 25.3 Å². The second-order valence-electron chi connectivity index (χ2n) is 9.77. The van der Waals surface area contributed by atoms with E-state index in [-0.39, 0.29) is 36.7 Å². The predicted octanol–water partition coefficient (Wildman–Crippen LogP) is 2.79. The zero-order valence-electron chi connectivity index (χ0n) is 19.2. The third kappa shape index (κ3) is 4.53. The molecule has 2 amide bonds. The van der Waals surface area contributed by atoms with Crippen LogP contribution in [0.2, 0.25) is 0 Å². The zero-order chi connectivity index (χ0) is 24.8. The van der Waals surface area contributed by atoms with Crippen LogP contribution in [0, 0.1) is 22.9 Å². The normalized spacial score (nSPS) is 17.6. The largest absolute Gasteiger partial charge is 0.338 e. The number of aromatic nitrogens is 2. The number of halogens is 4. The van der Waals surface area contributed by atoms with Gasteiger partial charge in [0.15, 0.2) is 17.3 Å². The number of alkyl halides is 1. The van der Waals surface area contributed by atoms with Gasteiger partial charge >= 0.3 is 0 Å². The van der Waals surface area contributed by atoms with Crippen LogP contribution in [-0.2, 0) is 17.9 Å². The minimum Gasteiger partial charge on any atom is -0.338 e. The van der Waals surface area contributed by atoms with Gasteiger partial charge in [0.2, 0.25) is 5.91 Å². The molecule has 0 aliphatic carbocycles. The van der Waals surface area contributed by atoms with Crippen molar-refractivity contribution in [3.63, 3.8) is 0 Å². The molecule has 2 aliphatic heterocycles. The van der Waals surface area contributed by atoms with Crippen molar-refractivity contribution in [2.24, 2.45) is 5.41 Å². The lowest BCUT2D eigenvalue weighted by molar-refractivity contribution is -0.143. The minimum absolute atomic E-state index is 0.00176. The summed E-state index contributed by atoms with van der Waals surface area (Å²) < 4.78 is 56.9. The van der Waals surface area contributed by atoms with E-state index in [4.69, 9.17) is 0 Å². The van der Waals surface area contributed by atoms with Gasteiger partial charge in [-0.1, -0.05) is 20.8 Å².